The van der Waals surface area contributed by atoms with E-state index in [4.69, 9.17) is 0 Å². The maximum atomic E-state index is 12.9. The number of hydrogen-bond acceptors (Lipinski definition) is 2. The molecule has 2 aromatic rings. The number of aromatic amines is 1. The summed E-state index contributed by atoms with van der Waals surface area (Å²) in [4.78, 5) is 13.8. The second-order valence-electron chi connectivity index (χ2n) is 4.86. The van der Waals surface area contributed by atoms with Gasteiger partial charge < -0.3 is 4.90 Å². The molecule has 110 valence electrons. The van der Waals surface area contributed by atoms with Gasteiger partial charge in [-0.25, -0.2) is 13.2 Å². The molecule has 1 aromatic heterocycles. The molecule has 1 fully saturated rings. The number of alkyl halides is 2. The van der Waals surface area contributed by atoms with Gasteiger partial charge in [-0.2, -0.15) is 5.10 Å². The van der Waals surface area contributed by atoms with Gasteiger partial charge in [-0.15, -0.1) is 0 Å². The average molecular weight is 295 g/mol. The minimum absolute atomic E-state index is 0.0305. The summed E-state index contributed by atoms with van der Waals surface area (Å²) in [6.07, 6.45) is -1.94. The van der Waals surface area contributed by atoms with E-state index in [1.807, 2.05) is 0 Å². The fourth-order valence-electron chi connectivity index (χ4n) is 2.37. The zero-order chi connectivity index (χ0) is 15.0. The molecule has 1 saturated heterocycles. The van der Waals surface area contributed by atoms with E-state index in [1.165, 1.54) is 12.1 Å². The molecule has 1 N–H and O–H groups in total. The second kappa shape index (κ2) is 5.23. The second-order valence-corrected chi connectivity index (χ2v) is 4.86. The zero-order valence-corrected chi connectivity index (χ0v) is 10.9. The van der Waals surface area contributed by atoms with Crippen LogP contribution in [0, 0.1) is 5.82 Å². The van der Waals surface area contributed by atoms with Gasteiger partial charge in [-0.05, 0) is 30.2 Å². The Balaban J connectivity index is 1.77. The normalized spacial score (nSPS) is 17.9. The predicted molar refractivity (Wildman–Crippen MR) is 68.3 cm³/mol. The third-order valence-corrected chi connectivity index (χ3v) is 3.59. The van der Waals surface area contributed by atoms with E-state index in [9.17, 15) is 18.0 Å². The standard InChI is InChI=1S/C14H12F3N3O/c15-9-3-1-8(2-4-9)12-5-6-20(12)14(21)11-7-10(13(16)17)18-19-11/h1-4,7,12-13H,5-6H2,(H,18,19)/t12-/m0/s1. The highest BCUT2D eigenvalue weighted by atomic mass is 19.3. The predicted octanol–water partition coefficient (Wildman–Crippen LogP) is 3.07. The lowest BCUT2D eigenvalue weighted by Crippen LogP contribution is -2.45. The molecule has 0 radical (unpaired) electrons. The molecule has 1 atom stereocenters. The minimum Gasteiger partial charge on any atom is -0.330 e. The number of H-pyrrole nitrogens is 1. The molecule has 1 aliphatic heterocycles. The molecule has 4 nitrogen and oxygen atoms in total. The molecule has 1 amide bonds. The quantitative estimate of drug-likeness (QED) is 0.946. The Labute approximate surface area is 118 Å². The van der Waals surface area contributed by atoms with E-state index >= 15 is 0 Å². The molecular weight excluding hydrogens is 283 g/mol. The van der Waals surface area contributed by atoms with E-state index < -0.39 is 12.3 Å². The van der Waals surface area contributed by atoms with Crippen molar-refractivity contribution in [1.29, 1.82) is 0 Å². The number of halogens is 3. The highest BCUT2D eigenvalue weighted by molar-refractivity contribution is 5.93. The van der Waals surface area contributed by atoms with Gasteiger partial charge in [0.15, 0.2) is 5.69 Å². The monoisotopic (exact) mass is 295 g/mol. The van der Waals surface area contributed by atoms with Crippen molar-refractivity contribution in [3.63, 3.8) is 0 Å². The van der Waals surface area contributed by atoms with E-state index in [-0.39, 0.29) is 23.2 Å². The van der Waals surface area contributed by atoms with Gasteiger partial charge in [0.2, 0.25) is 0 Å². The molecule has 2 heterocycles. The Morgan fingerprint density at radius 3 is 2.57 bits per heavy atom. The molecule has 0 bridgehead atoms. The van der Waals surface area contributed by atoms with Crippen LogP contribution in [0.3, 0.4) is 0 Å². The third-order valence-electron chi connectivity index (χ3n) is 3.59. The molecule has 1 aromatic carbocycles. The maximum Gasteiger partial charge on any atom is 0.279 e. The van der Waals surface area contributed by atoms with Crippen molar-refractivity contribution in [3.8, 4) is 0 Å². The first kappa shape index (κ1) is 13.7. The average Bonchev–Trinajstić information content (AvgIpc) is 2.90. The Morgan fingerprint density at radius 2 is 2.05 bits per heavy atom. The molecule has 0 unspecified atom stereocenters. The number of nitrogens with zero attached hydrogens (tertiary/aromatic N) is 2. The van der Waals surface area contributed by atoms with Gasteiger partial charge in [0.25, 0.3) is 12.3 Å². The number of likely N-dealkylation sites (tertiary alicyclic amines) is 1. The van der Waals surface area contributed by atoms with Crippen molar-refractivity contribution in [2.24, 2.45) is 0 Å². The van der Waals surface area contributed by atoms with Crippen LogP contribution >= 0.6 is 0 Å². The highest BCUT2D eigenvalue weighted by Gasteiger charge is 2.35. The van der Waals surface area contributed by atoms with Crippen molar-refractivity contribution in [3.05, 3.63) is 53.1 Å². The SMILES string of the molecule is O=C(c1cc(C(F)F)[nH]n1)N1CC[C@H]1c1ccc(F)cc1. The summed E-state index contributed by atoms with van der Waals surface area (Å²) in [5.41, 5.74) is 0.412. The van der Waals surface area contributed by atoms with Crippen LogP contribution in [-0.4, -0.2) is 27.5 Å². The highest BCUT2D eigenvalue weighted by Crippen LogP contribution is 2.34. The van der Waals surface area contributed by atoms with Crippen LogP contribution in [-0.2, 0) is 0 Å². The van der Waals surface area contributed by atoms with Crippen molar-refractivity contribution < 1.29 is 18.0 Å². The summed E-state index contributed by atoms with van der Waals surface area (Å²) in [6, 6.07) is 6.81. The van der Waals surface area contributed by atoms with Crippen molar-refractivity contribution in [2.75, 3.05) is 6.54 Å². The number of carbonyl (C=O) groups is 1. The van der Waals surface area contributed by atoms with Gasteiger partial charge in [0, 0.05) is 6.54 Å². The molecule has 0 saturated carbocycles. The summed E-state index contributed by atoms with van der Waals surface area (Å²) < 4.78 is 37.9. The summed E-state index contributed by atoms with van der Waals surface area (Å²) >= 11 is 0. The Bertz CT molecular complexity index is 654. The molecular formula is C14H12F3N3O. The van der Waals surface area contributed by atoms with Crippen LogP contribution < -0.4 is 0 Å². The summed E-state index contributed by atoms with van der Waals surface area (Å²) in [7, 11) is 0. The molecule has 0 spiro atoms. The first-order valence-electron chi connectivity index (χ1n) is 6.46. The van der Waals surface area contributed by atoms with Crippen LogP contribution in [0.1, 0.15) is 40.6 Å². The molecule has 1 aliphatic rings. The van der Waals surface area contributed by atoms with Gasteiger partial charge in [-0.3, -0.25) is 9.89 Å². The fraction of sp³-hybridized carbons (Fsp3) is 0.286. The van der Waals surface area contributed by atoms with Crippen molar-refractivity contribution in [1.82, 2.24) is 15.1 Å². The van der Waals surface area contributed by atoms with E-state index in [0.717, 1.165) is 18.1 Å². The van der Waals surface area contributed by atoms with Gasteiger partial charge in [0.1, 0.15) is 11.5 Å². The minimum atomic E-state index is -2.69. The summed E-state index contributed by atoms with van der Waals surface area (Å²) in [5, 5.41) is 5.78. The lowest BCUT2D eigenvalue weighted by atomic mass is 9.94. The number of carbonyl (C=O) groups excluding carboxylic acids is 1. The van der Waals surface area contributed by atoms with Crippen molar-refractivity contribution in [2.45, 2.75) is 18.9 Å². The number of hydrogen-bond donors (Lipinski definition) is 1. The van der Waals surface area contributed by atoms with E-state index in [0.29, 0.717) is 6.54 Å². The lowest BCUT2D eigenvalue weighted by molar-refractivity contribution is 0.0454. The van der Waals surface area contributed by atoms with Gasteiger partial charge >= 0.3 is 0 Å². The van der Waals surface area contributed by atoms with Crippen LogP contribution in [0.15, 0.2) is 30.3 Å². The smallest absolute Gasteiger partial charge is 0.279 e. The van der Waals surface area contributed by atoms with E-state index in [2.05, 4.69) is 10.2 Å². The van der Waals surface area contributed by atoms with Crippen LogP contribution in [0.4, 0.5) is 13.2 Å². The zero-order valence-electron chi connectivity index (χ0n) is 10.9. The Hall–Kier alpha value is -2.31. The van der Waals surface area contributed by atoms with E-state index in [1.54, 1.807) is 17.0 Å². The van der Waals surface area contributed by atoms with Crippen LogP contribution in [0.25, 0.3) is 0 Å². The van der Waals surface area contributed by atoms with Crippen LogP contribution in [0.5, 0.6) is 0 Å². The molecule has 21 heavy (non-hydrogen) atoms. The Kier molecular flexibility index (Phi) is 3.40. The number of amides is 1. The lowest BCUT2D eigenvalue weighted by Gasteiger charge is -2.41. The van der Waals surface area contributed by atoms with Crippen molar-refractivity contribution >= 4 is 5.91 Å². The fourth-order valence-corrected chi connectivity index (χ4v) is 2.37. The topological polar surface area (TPSA) is 49.0 Å². The Morgan fingerprint density at radius 1 is 1.33 bits per heavy atom. The number of rotatable bonds is 3. The van der Waals surface area contributed by atoms with Crippen LogP contribution in [0.2, 0.25) is 0 Å². The molecule has 7 heteroatoms. The molecule has 3 rings (SSSR count). The largest absolute Gasteiger partial charge is 0.330 e. The number of nitrogens with one attached hydrogen (secondary N) is 1. The third kappa shape index (κ3) is 2.51. The molecule has 0 aliphatic carbocycles. The first-order chi connectivity index (χ1) is 10.1. The van der Waals surface area contributed by atoms with Gasteiger partial charge in [-0.1, -0.05) is 12.1 Å². The van der Waals surface area contributed by atoms with Gasteiger partial charge in [0.05, 0.1) is 6.04 Å². The number of benzene rings is 1. The maximum absolute atomic E-state index is 12.9. The number of aromatic nitrogens is 2. The first-order valence-corrected chi connectivity index (χ1v) is 6.46. The summed E-state index contributed by atoms with van der Waals surface area (Å²) in [6.45, 7) is 0.526. The summed E-state index contributed by atoms with van der Waals surface area (Å²) in [5.74, 6) is -0.747.